The molecule has 0 N–H and O–H groups in total. The van der Waals surface area contributed by atoms with E-state index in [9.17, 15) is 14.4 Å². The molecule has 0 bridgehead atoms. The zero-order chi connectivity index (χ0) is 22.4. The highest BCUT2D eigenvalue weighted by molar-refractivity contribution is 6.23. The number of carbonyl (C=O) groups excluding carboxylic acids is 2. The SMILES string of the molecule is Cc1ccc2oc3c(c(=O)c2c1)C1(C(=O)N(C)c2ccccc21)N(c1cc(C)on1)C3=O. The highest BCUT2D eigenvalue weighted by Crippen LogP contribution is 2.53. The Morgan fingerprint density at radius 3 is 2.53 bits per heavy atom. The number of hydrogen-bond donors (Lipinski definition) is 0. The van der Waals surface area contributed by atoms with Crippen LogP contribution in [0.5, 0.6) is 0 Å². The van der Waals surface area contributed by atoms with Crippen LogP contribution in [-0.4, -0.2) is 24.0 Å². The Balaban J connectivity index is 1.81. The first-order chi connectivity index (χ1) is 15.4. The van der Waals surface area contributed by atoms with Gasteiger partial charge in [0.15, 0.2) is 16.8 Å². The van der Waals surface area contributed by atoms with E-state index in [-0.39, 0.29) is 22.7 Å². The summed E-state index contributed by atoms with van der Waals surface area (Å²) < 4.78 is 11.2. The molecule has 2 amide bonds. The lowest BCUT2D eigenvalue weighted by atomic mass is 9.84. The average molecular weight is 427 g/mol. The maximum Gasteiger partial charge on any atom is 0.297 e. The molecule has 2 aliphatic heterocycles. The van der Waals surface area contributed by atoms with Gasteiger partial charge in [0.05, 0.1) is 10.9 Å². The van der Waals surface area contributed by atoms with Gasteiger partial charge in [-0.25, -0.2) is 0 Å². The van der Waals surface area contributed by atoms with Crippen molar-refractivity contribution in [2.24, 2.45) is 0 Å². The number of rotatable bonds is 1. The summed E-state index contributed by atoms with van der Waals surface area (Å²) in [7, 11) is 1.62. The number of amides is 2. The summed E-state index contributed by atoms with van der Waals surface area (Å²) in [6.07, 6.45) is 0. The fourth-order valence-corrected chi connectivity index (χ4v) is 4.89. The Morgan fingerprint density at radius 1 is 1.00 bits per heavy atom. The van der Waals surface area contributed by atoms with E-state index in [1.165, 1.54) is 9.80 Å². The molecule has 4 heterocycles. The Labute approximate surface area is 181 Å². The number of para-hydroxylation sites is 1. The smallest absolute Gasteiger partial charge is 0.297 e. The molecular formula is C24H17N3O5. The van der Waals surface area contributed by atoms with E-state index in [0.717, 1.165) is 5.56 Å². The molecule has 6 rings (SSSR count). The molecule has 4 aromatic rings. The van der Waals surface area contributed by atoms with Gasteiger partial charge >= 0.3 is 0 Å². The van der Waals surface area contributed by atoms with Gasteiger partial charge in [-0.1, -0.05) is 35.0 Å². The van der Waals surface area contributed by atoms with Gasteiger partial charge < -0.3 is 13.8 Å². The highest BCUT2D eigenvalue weighted by atomic mass is 16.5. The van der Waals surface area contributed by atoms with Crippen LogP contribution in [0.3, 0.4) is 0 Å². The highest BCUT2D eigenvalue weighted by Gasteiger charge is 2.65. The summed E-state index contributed by atoms with van der Waals surface area (Å²) in [5.41, 5.74) is 0.115. The average Bonchev–Trinajstić information content (AvgIpc) is 3.38. The number of nitrogens with zero attached hydrogens (tertiary/aromatic N) is 3. The summed E-state index contributed by atoms with van der Waals surface area (Å²) in [4.78, 5) is 44.2. The molecular weight excluding hydrogens is 410 g/mol. The van der Waals surface area contributed by atoms with Crippen LogP contribution in [0.1, 0.15) is 33.0 Å². The minimum atomic E-state index is -1.74. The maximum atomic E-state index is 13.9. The van der Waals surface area contributed by atoms with Gasteiger partial charge in [0.1, 0.15) is 11.3 Å². The molecule has 0 saturated heterocycles. The first-order valence-corrected chi connectivity index (χ1v) is 10.1. The van der Waals surface area contributed by atoms with Gasteiger partial charge in [0.25, 0.3) is 11.8 Å². The predicted octanol–water partition coefficient (Wildman–Crippen LogP) is 3.28. The van der Waals surface area contributed by atoms with Crippen molar-refractivity contribution in [3.8, 4) is 0 Å². The molecule has 158 valence electrons. The minimum absolute atomic E-state index is 0.00283. The molecule has 2 aromatic heterocycles. The Morgan fingerprint density at radius 2 is 1.78 bits per heavy atom. The van der Waals surface area contributed by atoms with E-state index in [0.29, 0.717) is 22.4 Å². The molecule has 2 aliphatic rings. The van der Waals surface area contributed by atoms with E-state index in [2.05, 4.69) is 5.16 Å². The maximum absolute atomic E-state index is 13.9. The zero-order valence-electron chi connectivity index (χ0n) is 17.5. The standard InChI is InChI=1S/C24H17N3O5/c1-12-8-9-17-14(10-12)20(28)19-21(31-17)22(29)27(18-11-13(2)32-25-18)24(19)15-6-4-5-7-16(15)26(3)23(24)30/h4-11H,1-3H3. The van der Waals surface area contributed by atoms with Crippen molar-refractivity contribution >= 4 is 34.3 Å². The molecule has 8 nitrogen and oxygen atoms in total. The predicted molar refractivity (Wildman–Crippen MR) is 116 cm³/mol. The topological polar surface area (TPSA) is 96.9 Å². The summed E-state index contributed by atoms with van der Waals surface area (Å²) in [5, 5.41) is 4.33. The van der Waals surface area contributed by atoms with E-state index in [4.69, 9.17) is 8.94 Å². The number of benzene rings is 2. The number of hydrogen-bond acceptors (Lipinski definition) is 6. The second-order valence-corrected chi connectivity index (χ2v) is 8.16. The van der Waals surface area contributed by atoms with Crippen LogP contribution in [0.15, 0.2) is 62.3 Å². The summed E-state index contributed by atoms with van der Waals surface area (Å²) in [6, 6.07) is 13.8. The van der Waals surface area contributed by atoms with Gasteiger partial charge in [-0.3, -0.25) is 19.3 Å². The minimum Gasteiger partial charge on any atom is -0.450 e. The molecule has 0 radical (unpaired) electrons. The van der Waals surface area contributed by atoms with E-state index in [1.807, 2.05) is 6.92 Å². The van der Waals surface area contributed by atoms with Gasteiger partial charge in [0, 0.05) is 24.4 Å². The molecule has 2 aromatic carbocycles. The van der Waals surface area contributed by atoms with Crippen LogP contribution < -0.4 is 15.2 Å². The van der Waals surface area contributed by atoms with Crippen molar-refractivity contribution in [3.05, 3.63) is 87.0 Å². The summed E-state index contributed by atoms with van der Waals surface area (Å²) >= 11 is 0. The number of carbonyl (C=O) groups is 2. The number of aryl methyl sites for hydroxylation is 2. The van der Waals surface area contributed by atoms with Gasteiger partial charge in [-0.05, 0) is 32.0 Å². The quantitative estimate of drug-likeness (QED) is 0.463. The molecule has 0 fully saturated rings. The van der Waals surface area contributed by atoms with Crippen LogP contribution >= 0.6 is 0 Å². The Bertz CT molecular complexity index is 1550. The van der Waals surface area contributed by atoms with Crippen LogP contribution in [0.4, 0.5) is 11.5 Å². The van der Waals surface area contributed by atoms with Crippen LogP contribution in [0, 0.1) is 13.8 Å². The molecule has 1 atom stereocenters. The van der Waals surface area contributed by atoms with E-state index in [1.54, 1.807) is 62.5 Å². The monoisotopic (exact) mass is 427 g/mol. The van der Waals surface area contributed by atoms with Crippen molar-refractivity contribution in [2.75, 3.05) is 16.8 Å². The van der Waals surface area contributed by atoms with Crippen molar-refractivity contribution in [3.63, 3.8) is 0 Å². The first-order valence-electron chi connectivity index (χ1n) is 10.1. The fraction of sp³-hybridized carbons (Fsp3) is 0.167. The largest absolute Gasteiger partial charge is 0.450 e. The van der Waals surface area contributed by atoms with E-state index >= 15 is 0 Å². The second kappa shape index (κ2) is 5.94. The molecule has 1 spiro atoms. The molecule has 1 unspecified atom stereocenters. The van der Waals surface area contributed by atoms with Crippen LogP contribution in [0.25, 0.3) is 11.0 Å². The second-order valence-electron chi connectivity index (χ2n) is 8.16. The molecule has 0 saturated carbocycles. The van der Waals surface area contributed by atoms with Gasteiger partial charge in [0.2, 0.25) is 5.76 Å². The third-order valence-electron chi connectivity index (χ3n) is 6.25. The number of anilines is 2. The number of aromatic nitrogens is 1. The Kier molecular flexibility index (Phi) is 3.45. The van der Waals surface area contributed by atoms with Gasteiger partial charge in [-0.2, -0.15) is 0 Å². The van der Waals surface area contributed by atoms with E-state index < -0.39 is 22.8 Å². The van der Waals surface area contributed by atoms with Crippen molar-refractivity contribution < 1.29 is 18.5 Å². The zero-order valence-corrected chi connectivity index (χ0v) is 17.5. The summed E-state index contributed by atoms with van der Waals surface area (Å²) in [6.45, 7) is 3.55. The normalized spacial score (nSPS) is 19.3. The lowest BCUT2D eigenvalue weighted by Crippen LogP contribution is -2.53. The third kappa shape index (κ3) is 2.01. The van der Waals surface area contributed by atoms with Gasteiger partial charge in [-0.15, -0.1) is 0 Å². The van der Waals surface area contributed by atoms with Crippen molar-refractivity contribution in [2.45, 2.75) is 19.4 Å². The van der Waals surface area contributed by atoms with Crippen molar-refractivity contribution in [1.29, 1.82) is 0 Å². The third-order valence-corrected chi connectivity index (χ3v) is 6.25. The molecule has 0 aliphatic carbocycles. The van der Waals surface area contributed by atoms with Crippen molar-refractivity contribution in [1.82, 2.24) is 5.16 Å². The Hall–Kier alpha value is -4.20. The number of fused-ring (bicyclic) bond motifs is 5. The number of likely N-dealkylation sites (N-methyl/N-ethyl adjacent to an activating group) is 1. The molecule has 32 heavy (non-hydrogen) atoms. The summed E-state index contributed by atoms with van der Waals surface area (Å²) in [5.74, 6) is -0.620. The molecule has 8 heteroatoms. The van der Waals surface area contributed by atoms with Crippen LogP contribution in [-0.2, 0) is 10.3 Å². The first kappa shape index (κ1) is 18.6. The van der Waals surface area contributed by atoms with Crippen LogP contribution in [0.2, 0.25) is 0 Å². The lowest BCUT2D eigenvalue weighted by Gasteiger charge is -2.31. The fourth-order valence-electron chi connectivity index (χ4n) is 4.89. The lowest BCUT2D eigenvalue weighted by molar-refractivity contribution is -0.121.